The molecule has 2 fully saturated rings. The number of rotatable bonds is 6. The molecule has 2 amide bonds. The van der Waals surface area contributed by atoms with Gasteiger partial charge in [0.1, 0.15) is 12.2 Å². The van der Waals surface area contributed by atoms with E-state index in [0.717, 1.165) is 36.5 Å². The molecular weight excluding hydrogens is 626 g/mol. The van der Waals surface area contributed by atoms with Crippen LogP contribution in [0.25, 0.3) is 0 Å². The standard InChI is InChI=1S/C31H28F2N4O8S/c1-42-31(41)45-15-44-28-22(38)10-11-35-27(28)30(40)36-21(29(39)34-16-6-7-16)12-43-13-24(36)37(35)26-17-8-9-20(32)25(33)19(17)14-46-23-5-3-2-4-18(23)26/h2-5,8-11,16,21,24,26H,6-7,12-15H2,1H3,(H,34,39)/t21?,24-,26+/m1/s1. The van der Waals surface area contributed by atoms with Crippen molar-refractivity contribution in [1.82, 2.24) is 14.9 Å². The number of nitrogens with one attached hydrogen (secondary N) is 1. The SMILES string of the molecule is COC(=O)OCOc1c2n(ccc1=O)N([C@@H]1c3ccccc3SCc3c1ccc(F)c3F)[C@@H]1COCC(C(=O)NC3CC3)N1C2=O. The van der Waals surface area contributed by atoms with Crippen molar-refractivity contribution in [3.63, 3.8) is 0 Å². The van der Waals surface area contributed by atoms with E-state index in [1.165, 1.54) is 39.7 Å². The van der Waals surface area contributed by atoms with E-state index in [1.54, 1.807) is 5.01 Å². The van der Waals surface area contributed by atoms with Gasteiger partial charge >= 0.3 is 6.16 Å². The topological polar surface area (TPSA) is 129 Å². The summed E-state index contributed by atoms with van der Waals surface area (Å²) in [5, 5.41) is 4.66. The number of hydrogen-bond donors (Lipinski definition) is 1. The first kappa shape index (κ1) is 30.0. The number of amides is 2. The van der Waals surface area contributed by atoms with E-state index in [2.05, 4.69) is 10.1 Å². The molecule has 0 bridgehead atoms. The highest BCUT2D eigenvalue weighted by Crippen LogP contribution is 2.45. The molecular formula is C31H28F2N4O8S. The molecule has 1 saturated carbocycles. The van der Waals surface area contributed by atoms with Gasteiger partial charge in [0.2, 0.25) is 23.9 Å². The fourth-order valence-corrected chi connectivity index (χ4v) is 7.22. The number of methoxy groups -OCH3 is 1. The molecule has 4 aliphatic rings. The summed E-state index contributed by atoms with van der Waals surface area (Å²) in [5.41, 5.74) is 0.347. The molecule has 0 radical (unpaired) electrons. The van der Waals surface area contributed by atoms with Gasteiger partial charge in [0, 0.05) is 34.5 Å². The van der Waals surface area contributed by atoms with Gasteiger partial charge in [-0.1, -0.05) is 24.3 Å². The number of halogens is 2. The Morgan fingerprint density at radius 2 is 1.87 bits per heavy atom. The summed E-state index contributed by atoms with van der Waals surface area (Å²) < 4.78 is 52.4. The van der Waals surface area contributed by atoms with Crippen LogP contribution in [0.4, 0.5) is 13.6 Å². The monoisotopic (exact) mass is 654 g/mol. The van der Waals surface area contributed by atoms with Gasteiger partial charge in [0.25, 0.3) is 5.91 Å². The Labute approximate surface area is 265 Å². The number of benzene rings is 2. The highest BCUT2D eigenvalue weighted by Gasteiger charge is 2.51. The Bertz CT molecular complexity index is 1800. The van der Waals surface area contributed by atoms with Crippen LogP contribution in [0.5, 0.6) is 5.75 Å². The summed E-state index contributed by atoms with van der Waals surface area (Å²) in [6.45, 7) is -0.904. The summed E-state index contributed by atoms with van der Waals surface area (Å²) >= 11 is 1.34. The van der Waals surface area contributed by atoms with Crippen molar-refractivity contribution in [3.8, 4) is 5.75 Å². The Morgan fingerprint density at radius 1 is 1.07 bits per heavy atom. The molecule has 3 atom stereocenters. The zero-order valence-corrected chi connectivity index (χ0v) is 25.3. The second kappa shape index (κ2) is 11.9. The van der Waals surface area contributed by atoms with Gasteiger partial charge in [0.05, 0.1) is 26.4 Å². The zero-order chi connectivity index (χ0) is 32.1. The average molecular weight is 655 g/mol. The Morgan fingerprint density at radius 3 is 2.65 bits per heavy atom. The second-order valence-electron chi connectivity index (χ2n) is 11.1. The third-order valence-electron chi connectivity index (χ3n) is 8.38. The average Bonchev–Trinajstić information content (AvgIpc) is 3.90. The highest BCUT2D eigenvalue weighted by molar-refractivity contribution is 7.98. The minimum absolute atomic E-state index is 0.0105. The number of thioether (sulfide) groups is 1. The van der Waals surface area contributed by atoms with E-state index in [1.807, 2.05) is 24.3 Å². The zero-order valence-electron chi connectivity index (χ0n) is 24.4. The number of morpholine rings is 1. The summed E-state index contributed by atoms with van der Waals surface area (Å²) in [4.78, 5) is 55.0. The van der Waals surface area contributed by atoms with Crippen LogP contribution in [0.2, 0.25) is 0 Å². The van der Waals surface area contributed by atoms with Crippen LogP contribution >= 0.6 is 11.8 Å². The van der Waals surface area contributed by atoms with Crippen LogP contribution in [-0.2, 0) is 24.8 Å². The second-order valence-corrected chi connectivity index (χ2v) is 12.1. The molecule has 12 nitrogen and oxygen atoms in total. The molecule has 0 spiro atoms. The van der Waals surface area contributed by atoms with Crippen molar-refractivity contribution in [1.29, 1.82) is 0 Å². The first-order chi connectivity index (χ1) is 22.3. The molecule has 1 aromatic heterocycles. The summed E-state index contributed by atoms with van der Waals surface area (Å²) in [7, 11) is 1.10. The van der Waals surface area contributed by atoms with E-state index >= 15 is 4.39 Å². The third kappa shape index (κ3) is 5.12. The minimum atomic E-state index is -1.09. The molecule has 2 aromatic carbocycles. The minimum Gasteiger partial charge on any atom is -0.451 e. The lowest BCUT2D eigenvalue weighted by Gasteiger charge is -2.53. The van der Waals surface area contributed by atoms with Gasteiger partial charge in [-0.3, -0.25) is 29.0 Å². The van der Waals surface area contributed by atoms with Crippen molar-refractivity contribution in [2.75, 3.05) is 32.1 Å². The van der Waals surface area contributed by atoms with Gasteiger partial charge in [-0.15, -0.1) is 11.8 Å². The van der Waals surface area contributed by atoms with Crippen LogP contribution in [-0.4, -0.2) is 72.9 Å². The molecule has 7 rings (SSSR count). The summed E-state index contributed by atoms with van der Waals surface area (Å²) in [5.74, 6) is -3.41. The molecule has 3 aliphatic heterocycles. The first-order valence-corrected chi connectivity index (χ1v) is 15.5. The van der Waals surface area contributed by atoms with Crippen LogP contribution in [0.3, 0.4) is 0 Å². The van der Waals surface area contributed by atoms with E-state index in [-0.39, 0.29) is 36.3 Å². The lowest BCUT2D eigenvalue weighted by molar-refractivity contribution is -0.135. The number of fused-ring (bicyclic) bond motifs is 4. The maximum Gasteiger partial charge on any atom is 0.510 e. The maximum absolute atomic E-state index is 15.5. The molecule has 15 heteroatoms. The molecule has 1 saturated heterocycles. The summed E-state index contributed by atoms with van der Waals surface area (Å²) in [6, 6.07) is 9.17. The fraction of sp³-hybridized carbons (Fsp3) is 0.355. The molecule has 1 unspecified atom stereocenters. The van der Waals surface area contributed by atoms with Crippen molar-refractivity contribution in [2.24, 2.45) is 0 Å². The predicted molar refractivity (Wildman–Crippen MR) is 158 cm³/mol. The number of pyridine rings is 1. The number of hydrogen-bond acceptors (Lipinski definition) is 10. The largest absolute Gasteiger partial charge is 0.510 e. The number of carbonyl (C=O) groups is 3. The van der Waals surface area contributed by atoms with Gasteiger partial charge < -0.3 is 24.3 Å². The third-order valence-corrected chi connectivity index (χ3v) is 9.49. The van der Waals surface area contributed by atoms with Crippen molar-refractivity contribution >= 4 is 29.7 Å². The molecule has 1 N–H and O–H groups in total. The first-order valence-electron chi connectivity index (χ1n) is 14.6. The normalized spacial score (nSPS) is 21.6. The lowest BCUT2D eigenvalue weighted by atomic mass is 9.92. The predicted octanol–water partition coefficient (Wildman–Crippen LogP) is 3.04. The van der Waals surface area contributed by atoms with E-state index in [4.69, 9.17) is 14.2 Å². The molecule has 240 valence electrons. The van der Waals surface area contributed by atoms with E-state index < -0.39 is 65.8 Å². The van der Waals surface area contributed by atoms with E-state index in [0.29, 0.717) is 5.56 Å². The van der Waals surface area contributed by atoms with Crippen LogP contribution in [0, 0.1) is 11.6 Å². The van der Waals surface area contributed by atoms with Gasteiger partial charge in [0.15, 0.2) is 17.3 Å². The van der Waals surface area contributed by atoms with E-state index in [9.17, 15) is 23.6 Å². The number of nitrogens with zero attached hydrogens (tertiary/aromatic N) is 3. The fourth-order valence-electron chi connectivity index (χ4n) is 6.11. The van der Waals surface area contributed by atoms with Crippen molar-refractivity contribution < 1.29 is 42.1 Å². The summed E-state index contributed by atoms with van der Waals surface area (Å²) in [6.07, 6.45) is 1.01. The molecule has 4 heterocycles. The quantitative estimate of drug-likeness (QED) is 0.313. The number of aromatic nitrogens is 1. The van der Waals surface area contributed by atoms with Crippen LogP contribution in [0.15, 0.2) is 58.4 Å². The highest BCUT2D eigenvalue weighted by atomic mass is 32.2. The maximum atomic E-state index is 15.5. The number of ether oxygens (including phenoxy) is 4. The molecule has 3 aromatic rings. The molecule has 1 aliphatic carbocycles. The van der Waals surface area contributed by atoms with Crippen LogP contribution < -0.4 is 20.5 Å². The van der Waals surface area contributed by atoms with Crippen LogP contribution in [0.1, 0.15) is 46.1 Å². The van der Waals surface area contributed by atoms with Gasteiger partial charge in [-0.05, 0) is 36.1 Å². The Kier molecular flexibility index (Phi) is 7.80. The van der Waals surface area contributed by atoms with Gasteiger partial charge in [-0.25, -0.2) is 13.6 Å². The number of carbonyl (C=O) groups excluding carboxylic acids is 3. The lowest BCUT2D eigenvalue weighted by Crippen LogP contribution is -2.71. The van der Waals surface area contributed by atoms with Crippen molar-refractivity contribution in [2.45, 2.75) is 47.8 Å². The van der Waals surface area contributed by atoms with Crippen molar-refractivity contribution in [3.05, 3.63) is 92.9 Å². The van der Waals surface area contributed by atoms with Gasteiger partial charge in [-0.2, -0.15) is 0 Å². The Hall–Kier alpha value is -4.63. The molecule has 46 heavy (non-hydrogen) atoms. The Balaban J connectivity index is 1.44. The smallest absolute Gasteiger partial charge is 0.451 e.